The molecule has 3 heteroatoms. The van der Waals surface area contributed by atoms with Gasteiger partial charge in [0.05, 0.1) is 0 Å². The van der Waals surface area contributed by atoms with E-state index in [0.717, 1.165) is 25.4 Å². The van der Waals surface area contributed by atoms with Crippen LogP contribution in [0.25, 0.3) is 0 Å². The summed E-state index contributed by atoms with van der Waals surface area (Å²) >= 11 is 0. The Morgan fingerprint density at radius 1 is 1.35 bits per heavy atom. The number of nitrogens with zero attached hydrogens (tertiary/aromatic N) is 2. The van der Waals surface area contributed by atoms with Gasteiger partial charge in [0.1, 0.15) is 11.9 Å². The van der Waals surface area contributed by atoms with Crippen LogP contribution < -0.4 is 4.74 Å². The van der Waals surface area contributed by atoms with E-state index in [1.165, 1.54) is 16.7 Å². The lowest BCUT2D eigenvalue weighted by atomic mass is 10.1. The van der Waals surface area contributed by atoms with Crippen LogP contribution in [0, 0.1) is 6.92 Å². The lowest BCUT2D eigenvalue weighted by Gasteiger charge is -2.21. The molecule has 0 bridgehead atoms. The van der Waals surface area contributed by atoms with E-state index < -0.39 is 0 Å². The summed E-state index contributed by atoms with van der Waals surface area (Å²) in [6.45, 7) is 7.03. The fraction of sp³-hybridized carbons (Fsp3) is 0.353. The van der Waals surface area contributed by atoms with Gasteiger partial charge in [0.25, 0.3) is 0 Å². The normalized spacial score (nSPS) is 19.0. The van der Waals surface area contributed by atoms with Crippen molar-refractivity contribution in [2.45, 2.75) is 33.0 Å². The SMILES string of the molecule is Cc1ccc2c(c1)CN(Cc1cccnc1)CC(C)O2. The molecule has 1 unspecified atom stereocenters. The smallest absolute Gasteiger partial charge is 0.124 e. The Morgan fingerprint density at radius 3 is 3.05 bits per heavy atom. The molecule has 1 aliphatic heterocycles. The fourth-order valence-corrected chi connectivity index (χ4v) is 2.74. The predicted molar refractivity (Wildman–Crippen MR) is 79.6 cm³/mol. The quantitative estimate of drug-likeness (QED) is 0.836. The maximum atomic E-state index is 6.02. The zero-order valence-corrected chi connectivity index (χ0v) is 12.0. The van der Waals surface area contributed by atoms with Gasteiger partial charge in [-0.3, -0.25) is 9.88 Å². The molecule has 3 nitrogen and oxygen atoms in total. The van der Waals surface area contributed by atoms with Crippen molar-refractivity contribution in [2.24, 2.45) is 0 Å². The lowest BCUT2D eigenvalue weighted by Crippen LogP contribution is -2.30. The first-order valence-electron chi connectivity index (χ1n) is 7.08. The molecule has 0 saturated carbocycles. The Balaban J connectivity index is 1.83. The maximum absolute atomic E-state index is 6.02. The Morgan fingerprint density at radius 2 is 2.25 bits per heavy atom. The van der Waals surface area contributed by atoms with Crippen molar-refractivity contribution >= 4 is 0 Å². The van der Waals surface area contributed by atoms with Crippen molar-refractivity contribution in [3.05, 3.63) is 59.4 Å². The molecule has 1 atom stereocenters. The van der Waals surface area contributed by atoms with Crippen LogP contribution in [0.5, 0.6) is 5.75 Å². The minimum atomic E-state index is 0.204. The van der Waals surface area contributed by atoms with Crippen LogP contribution >= 0.6 is 0 Å². The molecule has 0 saturated heterocycles. The molecule has 0 amide bonds. The molecule has 3 rings (SSSR count). The summed E-state index contributed by atoms with van der Waals surface area (Å²) in [6, 6.07) is 10.5. The average Bonchev–Trinajstić information content (AvgIpc) is 2.57. The molecular weight excluding hydrogens is 248 g/mol. The minimum absolute atomic E-state index is 0.204. The van der Waals surface area contributed by atoms with Crippen LogP contribution in [0.2, 0.25) is 0 Å². The van der Waals surface area contributed by atoms with E-state index in [4.69, 9.17) is 4.74 Å². The third-order valence-electron chi connectivity index (χ3n) is 3.58. The third-order valence-corrected chi connectivity index (χ3v) is 3.58. The molecule has 0 N–H and O–H groups in total. The summed E-state index contributed by atoms with van der Waals surface area (Å²) in [6.07, 6.45) is 3.96. The standard InChI is InChI=1S/C17H20N2O/c1-13-5-6-17-16(8-13)12-19(10-14(2)20-17)11-15-4-3-7-18-9-15/h3-9,14H,10-12H2,1-2H3. The van der Waals surface area contributed by atoms with E-state index >= 15 is 0 Å². The van der Waals surface area contributed by atoms with Crippen molar-refractivity contribution in [1.29, 1.82) is 0 Å². The second-order valence-electron chi connectivity index (χ2n) is 5.57. The van der Waals surface area contributed by atoms with Gasteiger partial charge in [-0.15, -0.1) is 0 Å². The van der Waals surface area contributed by atoms with E-state index in [1.807, 2.05) is 18.5 Å². The Hall–Kier alpha value is -1.87. The minimum Gasteiger partial charge on any atom is -0.489 e. The van der Waals surface area contributed by atoms with Crippen molar-refractivity contribution in [2.75, 3.05) is 6.54 Å². The highest BCUT2D eigenvalue weighted by Crippen LogP contribution is 2.26. The number of pyridine rings is 1. The first-order valence-corrected chi connectivity index (χ1v) is 7.08. The first kappa shape index (κ1) is 13.1. The van der Waals surface area contributed by atoms with Gasteiger partial charge in [-0.2, -0.15) is 0 Å². The number of benzene rings is 1. The van der Waals surface area contributed by atoms with E-state index in [-0.39, 0.29) is 6.10 Å². The molecule has 1 aromatic carbocycles. The second-order valence-corrected chi connectivity index (χ2v) is 5.57. The molecule has 0 aliphatic carbocycles. The van der Waals surface area contributed by atoms with Gasteiger partial charge in [0, 0.05) is 37.6 Å². The van der Waals surface area contributed by atoms with Gasteiger partial charge in [-0.1, -0.05) is 23.8 Å². The van der Waals surface area contributed by atoms with Crippen LogP contribution in [0.1, 0.15) is 23.6 Å². The molecule has 0 radical (unpaired) electrons. The molecule has 2 heterocycles. The molecule has 1 aliphatic rings. The van der Waals surface area contributed by atoms with E-state index in [0.29, 0.717) is 0 Å². The Kier molecular flexibility index (Phi) is 3.70. The summed E-state index contributed by atoms with van der Waals surface area (Å²) in [5.41, 5.74) is 3.80. The summed E-state index contributed by atoms with van der Waals surface area (Å²) < 4.78 is 6.02. The average molecular weight is 268 g/mol. The van der Waals surface area contributed by atoms with Gasteiger partial charge in [0.15, 0.2) is 0 Å². The number of rotatable bonds is 2. The molecule has 20 heavy (non-hydrogen) atoms. The Bertz CT molecular complexity index is 583. The van der Waals surface area contributed by atoms with Crippen LogP contribution in [0.3, 0.4) is 0 Å². The number of aryl methyl sites for hydroxylation is 1. The molecule has 1 aromatic heterocycles. The Labute approximate surface area is 120 Å². The maximum Gasteiger partial charge on any atom is 0.124 e. The largest absolute Gasteiger partial charge is 0.489 e. The van der Waals surface area contributed by atoms with Gasteiger partial charge in [0.2, 0.25) is 0 Å². The van der Waals surface area contributed by atoms with Gasteiger partial charge in [-0.25, -0.2) is 0 Å². The van der Waals surface area contributed by atoms with Crippen LogP contribution in [-0.2, 0) is 13.1 Å². The molecule has 104 valence electrons. The highest BCUT2D eigenvalue weighted by Gasteiger charge is 2.20. The highest BCUT2D eigenvalue weighted by atomic mass is 16.5. The van der Waals surface area contributed by atoms with Crippen molar-refractivity contribution < 1.29 is 4.74 Å². The number of ether oxygens (including phenoxy) is 1. The fourth-order valence-electron chi connectivity index (χ4n) is 2.74. The zero-order valence-electron chi connectivity index (χ0n) is 12.0. The molecule has 2 aromatic rings. The summed E-state index contributed by atoms with van der Waals surface area (Å²) in [5.74, 6) is 1.02. The van der Waals surface area contributed by atoms with E-state index in [1.54, 1.807) is 0 Å². The number of fused-ring (bicyclic) bond motifs is 1. The van der Waals surface area contributed by atoms with Crippen molar-refractivity contribution in [3.63, 3.8) is 0 Å². The molecule has 0 spiro atoms. The van der Waals surface area contributed by atoms with Gasteiger partial charge >= 0.3 is 0 Å². The highest BCUT2D eigenvalue weighted by molar-refractivity contribution is 5.37. The monoisotopic (exact) mass is 268 g/mol. The number of hydrogen-bond donors (Lipinski definition) is 0. The topological polar surface area (TPSA) is 25.4 Å². The molecular formula is C17H20N2O. The summed E-state index contributed by atoms with van der Waals surface area (Å²) in [5, 5.41) is 0. The van der Waals surface area contributed by atoms with Gasteiger partial charge in [-0.05, 0) is 31.5 Å². The first-order chi connectivity index (χ1) is 9.70. The lowest BCUT2D eigenvalue weighted by molar-refractivity contribution is 0.156. The predicted octanol–water partition coefficient (Wildman–Crippen LogP) is 3.17. The third kappa shape index (κ3) is 2.99. The van der Waals surface area contributed by atoms with Crippen LogP contribution in [0.15, 0.2) is 42.7 Å². The number of aromatic nitrogens is 1. The van der Waals surface area contributed by atoms with Crippen LogP contribution in [-0.4, -0.2) is 22.5 Å². The summed E-state index contributed by atoms with van der Waals surface area (Å²) in [4.78, 5) is 6.62. The second kappa shape index (κ2) is 5.63. The van der Waals surface area contributed by atoms with Gasteiger partial charge < -0.3 is 4.74 Å². The van der Waals surface area contributed by atoms with Crippen molar-refractivity contribution in [3.8, 4) is 5.75 Å². The number of hydrogen-bond acceptors (Lipinski definition) is 3. The van der Waals surface area contributed by atoms with Crippen LogP contribution in [0.4, 0.5) is 0 Å². The van der Waals surface area contributed by atoms with E-state index in [2.05, 4.69) is 48.0 Å². The summed E-state index contributed by atoms with van der Waals surface area (Å²) in [7, 11) is 0. The zero-order chi connectivity index (χ0) is 13.9. The van der Waals surface area contributed by atoms with E-state index in [9.17, 15) is 0 Å². The van der Waals surface area contributed by atoms with Crippen molar-refractivity contribution in [1.82, 2.24) is 9.88 Å². The molecule has 0 fully saturated rings.